The first-order valence-corrected chi connectivity index (χ1v) is 7.27. The molecule has 21 heavy (non-hydrogen) atoms. The number of hydrogen-bond acceptors (Lipinski definition) is 7. The van der Waals surface area contributed by atoms with Gasteiger partial charge in [-0.2, -0.15) is 0 Å². The fraction of sp³-hybridized carbons (Fsp3) is 0.692. The monoisotopic (exact) mass is 292 g/mol. The minimum absolute atomic E-state index is 0.0461. The molecule has 2 saturated carbocycles. The smallest absolute Gasteiger partial charge is 0.353 e. The van der Waals surface area contributed by atoms with E-state index >= 15 is 0 Å². The summed E-state index contributed by atoms with van der Waals surface area (Å²) in [5.41, 5.74) is 2.11. The number of hydrazine groups is 1. The first-order chi connectivity index (χ1) is 10.1. The zero-order chi connectivity index (χ0) is 15.0. The van der Waals surface area contributed by atoms with Crippen molar-refractivity contribution in [3.05, 3.63) is 16.4 Å². The molecule has 0 saturated heterocycles. The Morgan fingerprint density at radius 2 is 2.29 bits per heavy atom. The molecular formula is C13H20N6O2. The van der Waals surface area contributed by atoms with Crippen LogP contribution in [-0.4, -0.2) is 28.5 Å². The molecule has 0 aromatic carbocycles. The molecule has 2 bridgehead atoms. The minimum Gasteiger partial charge on any atom is -0.353 e. The normalized spacial score (nSPS) is 26.9. The van der Waals surface area contributed by atoms with E-state index in [1.807, 2.05) is 11.9 Å². The average Bonchev–Trinajstić information content (AvgIpc) is 3.08. The Kier molecular flexibility index (Phi) is 3.62. The zero-order valence-electron chi connectivity index (χ0n) is 12.0. The summed E-state index contributed by atoms with van der Waals surface area (Å²) < 4.78 is 0. The summed E-state index contributed by atoms with van der Waals surface area (Å²) in [5.74, 6) is 7.91. The molecule has 1 heterocycles. The van der Waals surface area contributed by atoms with Crippen molar-refractivity contribution in [2.24, 2.45) is 23.6 Å². The Hall–Kier alpha value is -1.96. The van der Waals surface area contributed by atoms with Crippen LogP contribution in [0.1, 0.15) is 25.7 Å². The molecule has 2 fully saturated rings. The number of nitrogen functional groups attached to an aromatic ring is 1. The maximum absolute atomic E-state index is 11.3. The Morgan fingerprint density at radius 3 is 2.86 bits per heavy atom. The molecule has 0 aliphatic heterocycles. The van der Waals surface area contributed by atoms with Crippen LogP contribution in [0.15, 0.2) is 6.33 Å². The van der Waals surface area contributed by atoms with Gasteiger partial charge in [0, 0.05) is 13.6 Å². The van der Waals surface area contributed by atoms with Gasteiger partial charge in [0.25, 0.3) is 0 Å². The van der Waals surface area contributed by atoms with Gasteiger partial charge < -0.3 is 10.3 Å². The molecule has 2 aliphatic rings. The molecule has 8 heteroatoms. The molecule has 114 valence electrons. The lowest BCUT2D eigenvalue weighted by atomic mass is 9.88. The number of rotatable bonds is 5. The van der Waals surface area contributed by atoms with Crippen LogP contribution in [0.2, 0.25) is 0 Å². The molecule has 3 unspecified atom stereocenters. The van der Waals surface area contributed by atoms with Crippen molar-refractivity contribution in [3.63, 3.8) is 0 Å². The SMILES string of the molecule is CN(CC1CC2CCC1C2)c1ncnc(NN)c1[N+](=O)[O-]. The van der Waals surface area contributed by atoms with Gasteiger partial charge in [-0.15, -0.1) is 0 Å². The Morgan fingerprint density at radius 1 is 1.48 bits per heavy atom. The molecule has 3 N–H and O–H groups in total. The number of nitrogens with one attached hydrogen (secondary N) is 1. The summed E-state index contributed by atoms with van der Waals surface area (Å²) >= 11 is 0. The lowest BCUT2D eigenvalue weighted by Crippen LogP contribution is -2.30. The molecule has 3 atom stereocenters. The largest absolute Gasteiger partial charge is 0.354 e. The molecule has 1 aromatic rings. The number of fused-ring (bicyclic) bond motifs is 2. The number of anilines is 2. The Balaban J connectivity index is 1.81. The van der Waals surface area contributed by atoms with Crippen LogP contribution in [0.3, 0.4) is 0 Å². The van der Waals surface area contributed by atoms with E-state index in [9.17, 15) is 10.1 Å². The molecule has 8 nitrogen and oxygen atoms in total. The average molecular weight is 292 g/mol. The van der Waals surface area contributed by atoms with Crippen LogP contribution in [0, 0.1) is 27.9 Å². The van der Waals surface area contributed by atoms with Gasteiger partial charge in [-0.05, 0) is 37.0 Å². The van der Waals surface area contributed by atoms with Crippen LogP contribution in [0.5, 0.6) is 0 Å². The van der Waals surface area contributed by atoms with Crippen molar-refractivity contribution in [2.75, 3.05) is 23.9 Å². The highest BCUT2D eigenvalue weighted by Crippen LogP contribution is 2.48. The number of nitro groups is 1. The third kappa shape index (κ3) is 2.51. The maximum atomic E-state index is 11.3. The van der Waals surface area contributed by atoms with Crippen molar-refractivity contribution in [2.45, 2.75) is 25.7 Å². The van der Waals surface area contributed by atoms with Gasteiger partial charge in [-0.25, -0.2) is 15.8 Å². The predicted octanol–water partition coefficient (Wildman–Crippen LogP) is 1.54. The van der Waals surface area contributed by atoms with E-state index < -0.39 is 4.92 Å². The van der Waals surface area contributed by atoms with Gasteiger partial charge in [0.1, 0.15) is 6.33 Å². The highest BCUT2D eigenvalue weighted by Gasteiger charge is 2.40. The Labute approximate surface area is 122 Å². The molecule has 1 aromatic heterocycles. The predicted molar refractivity (Wildman–Crippen MR) is 78.7 cm³/mol. The van der Waals surface area contributed by atoms with Crippen molar-refractivity contribution < 1.29 is 4.92 Å². The van der Waals surface area contributed by atoms with Crippen LogP contribution in [0.25, 0.3) is 0 Å². The number of hydrogen-bond donors (Lipinski definition) is 2. The quantitative estimate of drug-likeness (QED) is 0.481. The van der Waals surface area contributed by atoms with Crippen molar-refractivity contribution in [1.82, 2.24) is 9.97 Å². The second-order valence-electron chi connectivity index (χ2n) is 6.11. The van der Waals surface area contributed by atoms with Gasteiger partial charge in [0.2, 0.25) is 11.6 Å². The second-order valence-corrected chi connectivity index (χ2v) is 6.11. The van der Waals surface area contributed by atoms with Gasteiger partial charge in [0.15, 0.2) is 0 Å². The first-order valence-electron chi connectivity index (χ1n) is 7.27. The van der Waals surface area contributed by atoms with Crippen LogP contribution in [-0.2, 0) is 0 Å². The maximum Gasteiger partial charge on any atom is 0.354 e. The third-order valence-corrected chi connectivity index (χ3v) is 4.88. The fourth-order valence-corrected chi connectivity index (χ4v) is 3.96. The van der Waals surface area contributed by atoms with Gasteiger partial charge in [0.05, 0.1) is 4.92 Å². The minimum atomic E-state index is -0.484. The number of nitrogens with two attached hydrogens (primary N) is 1. The summed E-state index contributed by atoms with van der Waals surface area (Å²) in [4.78, 5) is 20.6. The van der Waals surface area contributed by atoms with E-state index in [2.05, 4.69) is 15.4 Å². The van der Waals surface area contributed by atoms with Gasteiger partial charge in [-0.3, -0.25) is 10.1 Å². The van der Waals surface area contributed by atoms with Gasteiger partial charge >= 0.3 is 5.69 Å². The van der Waals surface area contributed by atoms with Crippen LogP contribution in [0.4, 0.5) is 17.3 Å². The van der Waals surface area contributed by atoms with Crippen LogP contribution >= 0.6 is 0 Å². The molecule has 0 spiro atoms. The van der Waals surface area contributed by atoms with Crippen molar-refractivity contribution >= 4 is 17.3 Å². The highest BCUT2D eigenvalue weighted by molar-refractivity contribution is 5.69. The summed E-state index contributed by atoms with van der Waals surface area (Å²) in [7, 11) is 1.85. The topological polar surface area (TPSA) is 110 Å². The van der Waals surface area contributed by atoms with Crippen molar-refractivity contribution in [3.8, 4) is 0 Å². The lowest BCUT2D eigenvalue weighted by Gasteiger charge is -2.27. The van der Waals surface area contributed by atoms with Crippen LogP contribution < -0.4 is 16.2 Å². The molecule has 2 aliphatic carbocycles. The molecular weight excluding hydrogens is 272 g/mol. The third-order valence-electron chi connectivity index (χ3n) is 4.88. The van der Waals surface area contributed by atoms with E-state index in [-0.39, 0.29) is 11.5 Å². The van der Waals surface area contributed by atoms with Gasteiger partial charge in [-0.1, -0.05) is 6.42 Å². The highest BCUT2D eigenvalue weighted by atomic mass is 16.6. The summed E-state index contributed by atoms with van der Waals surface area (Å²) in [6.45, 7) is 0.795. The van der Waals surface area contributed by atoms with Crippen molar-refractivity contribution in [1.29, 1.82) is 0 Å². The van der Waals surface area contributed by atoms with E-state index in [0.717, 1.165) is 18.4 Å². The molecule has 0 amide bonds. The van der Waals surface area contributed by atoms with E-state index in [1.54, 1.807) is 0 Å². The second kappa shape index (κ2) is 5.44. The summed E-state index contributed by atoms with van der Waals surface area (Å²) in [5, 5.41) is 11.3. The first kappa shape index (κ1) is 14.0. The lowest BCUT2D eigenvalue weighted by molar-refractivity contribution is -0.383. The number of aromatic nitrogens is 2. The number of nitrogens with zero attached hydrogens (tertiary/aromatic N) is 4. The summed E-state index contributed by atoms with van der Waals surface area (Å²) in [6, 6.07) is 0. The fourth-order valence-electron chi connectivity index (χ4n) is 3.96. The zero-order valence-corrected chi connectivity index (χ0v) is 12.0. The standard InChI is InChI=1S/C13H20N6O2/c1-18(6-10-5-8-2-3-9(10)4-8)13-11(19(20)21)12(17-14)15-7-16-13/h7-10H,2-6,14H2,1H3,(H,15,16,17). The van der Waals surface area contributed by atoms with E-state index in [0.29, 0.717) is 11.7 Å². The molecule has 3 rings (SSSR count). The Bertz CT molecular complexity index is 551. The molecule has 0 radical (unpaired) electrons. The summed E-state index contributed by atoms with van der Waals surface area (Å²) in [6.07, 6.45) is 6.50. The van der Waals surface area contributed by atoms with E-state index in [4.69, 9.17) is 5.84 Å². The van der Waals surface area contributed by atoms with E-state index in [1.165, 1.54) is 32.0 Å².